The molecule has 0 aromatic heterocycles. The van der Waals surface area contributed by atoms with Gasteiger partial charge in [0.15, 0.2) is 0 Å². The summed E-state index contributed by atoms with van der Waals surface area (Å²) in [4.78, 5) is 12.2. The van der Waals surface area contributed by atoms with Crippen LogP contribution in [0, 0.1) is 0 Å². The van der Waals surface area contributed by atoms with Gasteiger partial charge >= 0.3 is 5.97 Å². The molecule has 104 valence electrons. The highest BCUT2D eigenvalue weighted by molar-refractivity contribution is 5.82. The van der Waals surface area contributed by atoms with E-state index >= 15 is 0 Å². The van der Waals surface area contributed by atoms with Gasteiger partial charge in [-0.25, -0.2) is 4.79 Å². The molecule has 0 aliphatic heterocycles. The minimum atomic E-state index is -1.06. The van der Waals surface area contributed by atoms with Crippen molar-refractivity contribution in [1.82, 2.24) is 5.32 Å². The average Bonchev–Trinajstić information content (AvgIpc) is 3.11. The number of carbonyl (C=O) groups excluding carboxylic acids is 1. The molecule has 0 amide bonds. The summed E-state index contributed by atoms with van der Waals surface area (Å²) in [5.74, 6) is -0.571. The molecule has 1 unspecified atom stereocenters. The summed E-state index contributed by atoms with van der Waals surface area (Å²) in [5.41, 5.74) is -0.566. The molecule has 5 nitrogen and oxygen atoms in total. The highest BCUT2D eigenvalue weighted by Crippen LogP contribution is 2.33. The fraction of sp³-hybridized carbons (Fsp3) is 0.500. The van der Waals surface area contributed by atoms with Crippen molar-refractivity contribution in [3.8, 4) is 11.5 Å². The topological polar surface area (TPSA) is 78.8 Å². The second kappa shape index (κ2) is 5.09. The number of aromatic hydroxyl groups is 2. The van der Waals surface area contributed by atoms with Crippen molar-refractivity contribution in [2.24, 2.45) is 0 Å². The van der Waals surface area contributed by atoms with Gasteiger partial charge in [0.2, 0.25) is 0 Å². The molecule has 1 aliphatic rings. The van der Waals surface area contributed by atoms with E-state index < -0.39 is 11.5 Å². The summed E-state index contributed by atoms with van der Waals surface area (Å²) in [6.45, 7) is 3.73. The molecule has 3 N–H and O–H groups in total. The summed E-state index contributed by atoms with van der Waals surface area (Å²) in [5, 5.41) is 22.4. The lowest BCUT2D eigenvalue weighted by molar-refractivity contribution is -0.151. The zero-order valence-corrected chi connectivity index (χ0v) is 11.1. The van der Waals surface area contributed by atoms with Crippen LogP contribution in [0.15, 0.2) is 18.2 Å². The lowest BCUT2D eigenvalue weighted by Gasteiger charge is -2.29. The van der Waals surface area contributed by atoms with E-state index in [9.17, 15) is 15.0 Å². The number of phenolic OH excluding ortho intramolecular Hbond substituents is 2. The summed E-state index contributed by atoms with van der Waals surface area (Å²) in [7, 11) is 0. The monoisotopic (exact) mass is 265 g/mol. The molecule has 19 heavy (non-hydrogen) atoms. The number of esters is 1. The van der Waals surface area contributed by atoms with Crippen molar-refractivity contribution in [2.75, 3.05) is 6.61 Å². The first-order valence-corrected chi connectivity index (χ1v) is 6.44. The predicted octanol–water partition coefficient (Wildman–Crippen LogP) is 1.63. The van der Waals surface area contributed by atoms with Gasteiger partial charge in [0.1, 0.15) is 17.0 Å². The Labute approximate surface area is 112 Å². The van der Waals surface area contributed by atoms with Crippen molar-refractivity contribution in [1.29, 1.82) is 0 Å². The van der Waals surface area contributed by atoms with Crippen LogP contribution in [-0.4, -0.2) is 28.8 Å². The molecule has 2 rings (SSSR count). The Morgan fingerprint density at radius 3 is 2.42 bits per heavy atom. The Balaban J connectivity index is 2.37. The van der Waals surface area contributed by atoms with Crippen LogP contribution in [0.25, 0.3) is 0 Å². The minimum absolute atomic E-state index is 0.0804. The van der Waals surface area contributed by atoms with E-state index in [1.807, 2.05) is 0 Å². The quantitative estimate of drug-likeness (QED) is 0.705. The van der Waals surface area contributed by atoms with Crippen molar-refractivity contribution in [3.05, 3.63) is 23.8 Å². The Hall–Kier alpha value is -1.75. The fourth-order valence-electron chi connectivity index (χ4n) is 2.06. The second-order valence-electron chi connectivity index (χ2n) is 5.00. The molecular formula is C14H19NO4. The average molecular weight is 265 g/mol. The van der Waals surface area contributed by atoms with Crippen LogP contribution in [0.5, 0.6) is 11.5 Å². The Morgan fingerprint density at radius 1 is 1.37 bits per heavy atom. The summed E-state index contributed by atoms with van der Waals surface area (Å²) < 4.78 is 5.11. The van der Waals surface area contributed by atoms with Gasteiger partial charge in [-0.2, -0.15) is 0 Å². The highest BCUT2D eigenvalue weighted by atomic mass is 16.5. The summed E-state index contributed by atoms with van der Waals surface area (Å²) in [6.07, 6.45) is 2.03. The van der Waals surface area contributed by atoms with Crippen molar-refractivity contribution in [3.63, 3.8) is 0 Å². The van der Waals surface area contributed by atoms with E-state index in [0.29, 0.717) is 5.56 Å². The molecule has 0 heterocycles. The van der Waals surface area contributed by atoms with Crippen LogP contribution in [0.3, 0.4) is 0 Å². The number of ether oxygens (including phenoxy) is 1. The molecule has 0 radical (unpaired) electrons. The molecule has 1 atom stereocenters. The number of hydrogen-bond acceptors (Lipinski definition) is 5. The minimum Gasteiger partial charge on any atom is -0.508 e. The first-order chi connectivity index (χ1) is 8.95. The van der Waals surface area contributed by atoms with E-state index in [1.165, 1.54) is 18.2 Å². The predicted molar refractivity (Wildman–Crippen MR) is 69.9 cm³/mol. The van der Waals surface area contributed by atoms with E-state index in [4.69, 9.17) is 4.74 Å². The van der Waals surface area contributed by atoms with Crippen molar-refractivity contribution in [2.45, 2.75) is 38.3 Å². The Morgan fingerprint density at radius 2 is 1.95 bits per heavy atom. The van der Waals surface area contributed by atoms with Gasteiger partial charge in [0.05, 0.1) is 6.61 Å². The van der Waals surface area contributed by atoms with Crippen LogP contribution < -0.4 is 5.32 Å². The van der Waals surface area contributed by atoms with Crippen molar-refractivity contribution < 1.29 is 19.7 Å². The standard InChI is InChI=1S/C14H19NO4/c1-3-19-13(18)14(2,15-10-4-5-10)9-6-11(16)8-12(17)7-9/h6-8,10,15-17H,3-5H2,1-2H3. The zero-order valence-electron chi connectivity index (χ0n) is 11.1. The van der Waals surface area contributed by atoms with Gasteiger partial charge < -0.3 is 14.9 Å². The maximum absolute atomic E-state index is 12.2. The molecule has 5 heteroatoms. The third-order valence-electron chi connectivity index (χ3n) is 3.23. The molecule has 0 saturated heterocycles. The Kier molecular flexibility index (Phi) is 3.66. The first kappa shape index (κ1) is 13.7. The van der Waals surface area contributed by atoms with Crippen LogP contribution in [0.4, 0.5) is 0 Å². The van der Waals surface area contributed by atoms with Gasteiger partial charge in [-0.1, -0.05) is 0 Å². The number of rotatable bonds is 5. The number of benzene rings is 1. The molecule has 1 fully saturated rings. The van der Waals surface area contributed by atoms with Crippen LogP contribution in [-0.2, 0) is 15.1 Å². The van der Waals surface area contributed by atoms with E-state index in [0.717, 1.165) is 12.8 Å². The number of hydrogen-bond donors (Lipinski definition) is 3. The third kappa shape index (κ3) is 2.98. The lowest BCUT2D eigenvalue weighted by atomic mass is 9.91. The maximum atomic E-state index is 12.2. The molecule has 0 bridgehead atoms. The number of phenols is 2. The summed E-state index contributed by atoms with van der Waals surface area (Å²) in [6, 6.07) is 4.43. The molecule has 1 aromatic rings. The highest BCUT2D eigenvalue weighted by Gasteiger charge is 2.41. The number of nitrogens with one attached hydrogen (secondary N) is 1. The Bertz CT molecular complexity index is 464. The SMILES string of the molecule is CCOC(=O)C(C)(NC1CC1)c1cc(O)cc(O)c1. The van der Waals surface area contributed by atoms with Crippen LogP contribution >= 0.6 is 0 Å². The number of carbonyl (C=O) groups is 1. The summed E-state index contributed by atoms with van der Waals surface area (Å²) >= 11 is 0. The maximum Gasteiger partial charge on any atom is 0.330 e. The largest absolute Gasteiger partial charge is 0.508 e. The van der Waals surface area contributed by atoms with Crippen LogP contribution in [0.1, 0.15) is 32.3 Å². The first-order valence-electron chi connectivity index (χ1n) is 6.44. The smallest absolute Gasteiger partial charge is 0.330 e. The van der Waals surface area contributed by atoms with Gasteiger partial charge in [-0.05, 0) is 44.4 Å². The van der Waals surface area contributed by atoms with E-state index in [1.54, 1.807) is 13.8 Å². The molecular weight excluding hydrogens is 246 g/mol. The third-order valence-corrected chi connectivity index (χ3v) is 3.23. The van der Waals surface area contributed by atoms with Crippen molar-refractivity contribution >= 4 is 5.97 Å². The zero-order chi connectivity index (χ0) is 14.0. The van der Waals surface area contributed by atoms with Gasteiger partial charge in [0.25, 0.3) is 0 Å². The van der Waals surface area contributed by atoms with E-state index in [2.05, 4.69) is 5.32 Å². The second-order valence-corrected chi connectivity index (χ2v) is 5.00. The van der Waals surface area contributed by atoms with Crippen LogP contribution in [0.2, 0.25) is 0 Å². The van der Waals surface area contributed by atoms with Gasteiger partial charge in [-0.15, -0.1) is 0 Å². The lowest BCUT2D eigenvalue weighted by Crippen LogP contribution is -2.48. The normalized spacial score (nSPS) is 17.8. The van der Waals surface area contributed by atoms with Gasteiger partial charge in [-0.3, -0.25) is 5.32 Å². The molecule has 1 aromatic carbocycles. The molecule has 1 saturated carbocycles. The fourth-order valence-corrected chi connectivity index (χ4v) is 2.06. The molecule has 0 spiro atoms. The van der Waals surface area contributed by atoms with Gasteiger partial charge in [0, 0.05) is 12.1 Å². The van der Waals surface area contributed by atoms with E-state index in [-0.39, 0.29) is 24.1 Å². The molecule has 1 aliphatic carbocycles.